The maximum Gasteiger partial charge on any atom is 0.247 e. The Balaban J connectivity index is 2.48. The second-order valence-corrected chi connectivity index (χ2v) is 3.96. The van der Waals surface area contributed by atoms with Crippen molar-refractivity contribution in [1.29, 1.82) is 0 Å². The number of rotatable bonds is 2. The largest absolute Gasteiger partial charge is 0.350 e. The van der Waals surface area contributed by atoms with Gasteiger partial charge in [0.05, 0.1) is 0 Å². The first-order chi connectivity index (χ1) is 6.20. The molecule has 0 unspecified atom stereocenters. The van der Waals surface area contributed by atoms with Crippen LogP contribution in [0.3, 0.4) is 0 Å². The summed E-state index contributed by atoms with van der Waals surface area (Å²) in [6, 6.07) is 0.247. The minimum atomic E-state index is 0.136. The first-order valence-corrected chi connectivity index (χ1v) is 5.20. The fourth-order valence-electron chi connectivity index (χ4n) is 1.58. The molecule has 1 rings (SSSR count). The zero-order valence-electron chi connectivity index (χ0n) is 8.60. The molecule has 1 amide bonds. The number of nitrogens with one attached hydrogen (secondary N) is 1. The summed E-state index contributed by atoms with van der Waals surface area (Å²) in [5.41, 5.74) is 0.992. The molecule has 74 valence electrons. The first kappa shape index (κ1) is 10.3. The molecule has 0 saturated carbocycles. The topological polar surface area (TPSA) is 29.1 Å². The van der Waals surface area contributed by atoms with E-state index in [4.69, 9.17) is 0 Å². The van der Waals surface area contributed by atoms with Gasteiger partial charge in [-0.3, -0.25) is 4.79 Å². The van der Waals surface area contributed by atoms with Crippen LogP contribution in [0.1, 0.15) is 46.0 Å². The maximum atomic E-state index is 11.6. The van der Waals surface area contributed by atoms with Gasteiger partial charge in [0.15, 0.2) is 0 Å². The van der Waals surface area contributed by atoms with Crippen LogP contribution in [0.5, 0.6) is 0 Å². The van der Waals surface area contributed by atoms with Crippen LogP contribution in [0.4, 0.5) is 0 Å². The lowest BCUT2D eigenvalue weighted by Crippen LogP contribution is -2.31. The van der Waals surface area contributed by atoms with Crippen LogP contribution in [0, 0.1) is 0 Å². The summed E-state index contributed by atoms with van der Waals surface area (Å²) in [7, 11) is 0. The van der Waals surface area contributed by atoms with Crippen molar-refractivity contribution >= 4 is 5.91 Å². The minimum Gasteiger partial charge on any atom is -0.350 e. The summed E-state index contributed by atoms with van der Waals surface area (Å²) in [5, 5.41) is 2.93. The van der Waals surface area contributed by atoms with Gasteiger partial charge in [-0.05, 0) is 39.5 Å². The third-order valence-electron chi connectivity index (χ3n) is 2.25. The highest BCUT2D eigenvalue weighted by molar-refractivity contribution is 5.93. The second kappa shape index (κ2) is 5.05. The fourth-order valence-corrected chi connectivity index (χ4v) is 1.58. The molecule has 0 saturated heterocycles. The Morgan fingerprint density at radius 1 is 1.38 bits per heavy atom. The minimum absolute atomic E-state index is 0.136. The summed E-state index contributed by atoms with van der Waals surface area (Å²) < 4.78 is 0. The third-order valence-corrected chi connectivity index (χ3v) is 2.25. The molecule has 0 aliphatic heterocycles. The average Bonchev–Trinajstić information content (AvgIpc) is 2.29. The summed E-state index contributed by atoms with van der Waals surface area (Å²) in [5.74, 6) is 0.136. The molecule has 0 aromatic heterocycles. The number of allylic oxidation sites excluding steroid dienone is 1. The van der Waals surface area contributed by atoms with Gasteiger partial charge < -0.3 is 5.32 Å². The van der Waals surface area contributed by atoms with Crippen molar-refractivity contribution in [3.05, 3.63) is 11.6 Å². The van der Waals surface area contributed by atoms with Gasteiger partial charge in [0, 0.05) is 11.6 Å². The molecule has 0 fully saturated rings. The normalized spacial score (nSPS) is 17.9. The highest BCUT2D eigenvalue weighted by Crippen LogP contribution is 2.17. The molecule has 0 heterocycles. The van der Waals surface area contributed by atoms with Gasteiger partial charge in [-0.25, -0.2) is 0 Å². The van der Waals surface area contributed by atoms with Gasteiger partial charge in [-0.1, -0.05) is 12.5 Å². The molecule has 1 aliphatic rings. The highest BCUT2D eigenvalue weighted by Gasteiger charge is 2.11. The molecule has 0 aromatic carbocycles. The van der Waals surface area contributed by atoms with Gasteiger partial charge in [-0.15, -0.1) is 0 Å². The van der Waals surface area contributed by atoms with Crippen LogP contribution in [-0.4, -0.2) is 11.9 Å². The van der Waals surface area contributed by atoms with E-state index in [1.807, 2.05) is 13.8 Å². The van der Waals surface area contributed by atoms with Crippen LogP contribution in [0.2, 0.25) is 0 Å². The summed E-state index contributed by atoms with van der Waals surface area (Å²) >= 11 is 0. The quantitative estimate of drug-likeness (QED) is 0.696. The molecule has 0 aromatic rings. The van der Waals surface area contributed by atoms with Crippen molar-refractivity contribution in [3.8, 4) is 0 Å². The van der Waals surface area contributed by atoms with E-state index in [0.29, 0.717) is 0 Å². The standard InChI is InChI=1S/C11H19NO/c1-9(2)12-11(13)10-7-5-3-4-6-8-10/h7,9H,3-6,8H2,1-2H3,(H,12,13). The molecule has 2 nitrogen and oxygen atoms in total. The predicted octanol–water partition coefficient (Wildman–Crippen LogP) is 2.40. The van der Waals surface area contributed by atoms with Crippen LogP contribution in [0.15, 0.2) is 11.6 Å². The van der Waals surface area contributed by atoms with Gasteiger partial charge in [0.2, 0.25) is 5.91 Å². The number of amides is 1. The Kier molecular flexibility index (Phi) is 4.00. The van der Waals surface area contributed by atoms with Gasteiger partial charge >= 0.3 is 0 Å². The molecule has 0 spiro atoms. The molecule has 0 bridgehead atoms. The number of carbonyl (C=O) groups excluding carboxylic acids is 1. The number of hydrogen-bond acceptors (Lipinski definition) is 1. The van der Waals surface area contributed by atoms with Crippen molar-refractivity contribution < 1.29 is 4.79 Å². The predicted molar refractivity (Wildman–Crippen MR) is 54.4 cm³/mol. The monoisotopic (exact) mass is 181 g/mol. The average molecular weight is 181 g/mol. The van der Waals surface area contributed by atoms with Crippen molar-refractivity contribution in [1.82, 2.24) is 5.32 Å². The van der Waals surface area contributed by atoms with E-state index in [1.165, 1.54) is 12.8 Å². The van der Waals surface area contributed by atoms with Crippen molar-refractivity contribution in [2.75, 3.05) is 0 Å². The van der Waals surface area contributed by atoms with Crippen LogP contribution < -0.4 is 5.32 Å². The van der Waals surface area contributed by atoms with Gasteiger partial charge in [0.1, 0.15) is 0 Å². The van der Waals surface area contributed by atoms with Crippen LogP contribution >= 0.6 is 0 Å². The van der Waals surface area contributed by atoms with Crippen LogP contribution in [-0.2, 0) is 4.79 Å². The fraction of sp³-hybridized carbons (Fsp3) is 0.727. The lowest BCUT2D eigenvalue weighted by Gasteiger charge is -2.09. The lowest BCUT2D eigenvalue weighted by molar-refractivity contribution is -0.118. The van der Waals surface area contributed by atoms with Crippen LogP contribution in [0.25, 0.3) is 0 Å². The van der Waals surface area contributed by atoms with E-state index in [0.717, 1.165) is 24.8 Å². The van der Waals surface area contributed by atoms with E-state index in [-0.39, 0.29) is 11.9 Å². The molecule has 13 heavy (non-hydrogen) atoms. The van der Waals surface area contributed by atoms with Gasteiger partial charge in [-0.2, -0.15) is 0 Å². The SMILES string of the molecule is CC(C)NC(=O)C1=CCCCCC1. The Labute approximate surface area is 80.4 Å². The molecular formula is C11H19NO. The summed E-state index contributed by atoms with van der Waals surface area (Å²) in [6.07, 6.45) is 7.79. The second-order valence-electron chi connectivity index (χ2n) is 3.96. The summed E-state index contributed by atoms with van der Waals surface area (Å²) in [6.45, 7) is 3.99. The lowest BCUT2D eigenvalue weighted by atomic mass is 10.1. The number of carbonyl (C=O) groups is 1. The first-order valence-electron chi connectivity index (χ1n) is 5.20. The van der Waals surface area contributed by atoms with E-state index < -0.39 is 0 Å². The van der Waals surface area contributed by atoms with Crippen molar-refractivity contribution in [3.63, 3.8) is 0 Å². The molecule has 1 aliphatic carbocycles. The number of hydrogen-bond donors (Lipinski definition) is 1. The zero-order valence-corrected chi connectivity index (χ0v) is 8.60. The summed E-state index contributed by atoms with van der Waals surface area (Å²) in [4.78, 5) is 11.6. The molecule has 2 heteroatoms. The smallest absolute Gasteiger partial charge is 0.247 e. The molecule has 1 N–H and O–H groups in total. The third kappa shape index (κ3) is 3.62. The Morgan fingerprint density at radius 2 is 2.15 bits per heavy atom. The van der Waals surface area contributed by atoms with E-state index in [2.05, 4.69) is 11.4 Å². The molecular weight excluding hydrogens is 162 g/mol. The highest BCUT2D eigenvalue weighted by atomic mass is 16.1. The van der Waals surface area contributed by atoms with Gasteiger partial charge in [0.25, 0.3) is 0 Å². The van der Waals surface area contributed by atoms with Crippen molar-refractivity contribution in [2.24, 2.45) is 0 Å². The molecule has 0 radical (unpaired) electrons. The Bertz CT molecular complexity index is 206. The van der Waals surface area contributed by atoms with E-state index >= 15 is 0 Å². The van der Waals surface area contributed by atoms with E-state index in [9.17, 15) is 4.79 Å². The Morgan fingerprint density at radius 3 is 2.85 bits per heavy atom. The van der Waals surface area contributed by atoms with Crippen molar-refractivity contribution in [2.45, 2.75) is 52.0 Å². The molecule has 0 atom stereocenters. The maximum absolute atomic E-state index is 11.6. The van der Waals surface area contributed by atoms with E-state index in [1.54, 1.807) is 0 Å². The Hall–Kier alpha value is -0.790. The zero-order chi connectivity index (χ0) is 9.68.